The minimum Gasteiger partial charge on any atom is -0.462 e. The summed E-state index contributed by atoms with van der Waals surface area (Å²) in [6.07, 6.45) is 77.9. The fraction of sp³-hybridized carbons (Fsp3) is 0.899. The Labute approximate surface area is 468 Å². The van der Waals surface area contributed by atoms with Crippen LogP contribution in [0.5, 0.6) is 0 Å². The molecule has 0 fully saturated rings. The van der Waals surface area contributed by atoms with Crippen LogP contribution in [-0.4, -0.2) is 37.2 Å². The van der Waals surface area contributed by atoms with Gasteiger partial charge in [-0.3, -0.25) is 14.4 Å². The standard InChI is InChI=1S/C69H130O6/c1-4-7-10-13-16-19-22-24-26-28-29-30-31-32-33-34-35-36-37-38-39-40-41-43-44-47-50-53-56-59-62-68(71)74-65-66(64-73-67(70)61-58-55-52-49-46-21-18-15-12-9-6-3)75-69(72)63-60-57-54-51-48-45-42-27-25-23-20-17-14-11-8-5-2/h15,18,27,42,66H,4-14,16-17,19-26,28-41,43-65H2,1-3H3/b18-15-,42-27-. The molecule has 0 N–H and O–H groups in total. The third-order valence-electron chi connectivity index (χ3n) is 15.4. The van der Waals surface area contributed by atoms with Crippen molar-refractivity contribution >= 4 is 17.9 Å². The zero-order valence-corrected chi connectivity index (χ0v) is 50.8. The first-order chi connectivity index (χ1) is 37.0. The largest absolute Gasteiger partial charge is 0.462 e. The number of hydrogen-bond donors (Lipinski definition) is 0. The second-order valence-corrected chi connectivity index (χ2v) is 23.1. The Kier molecular flexibility index (Phi) is 62.6. The van der Waals surface area contributed by atoms with Crippen molar-refractivity contribution in [2.24, 2.45) is 0 Å². The second kappa shape index (κ2) is 64.4. The van der Waals surface area contributed by atoms with E-state index in [0.29, 0.717) is 19.3 Å². The molecule has 75 heavy (non-hydrogen) atoms. The quantitative estimate of drug-likeness (QED) is 0.0261. The SMILES string of the molecule is CCCC/C=C\CCCCCCCC(=O)OCC(COC(=O)CCCCCCCCCCCCCCCCCCCCCCCCCCCCCCCC)OC(=O)CCCCCCC/C=C\CCCCCCCCC. The number of ether oxygens (including phenoxy) is 3. The molecule has 6 heteroatoms. The summed E-state index contributed by atoms with van der Waals surface area (Å²) in [4.78, 5) is 38.2. The van der Waals surface area contributed by atoms with Crippen LogP contribution in [0, 0.1) is 0 Å². The van der Waals surface area contributed by atoms with Crippen molar-refractivity contribution in [3.8, 4) is 0 Å². The molecule has 442 valence electrons. The van der Waals surface area contributed by atoms with Crippen molar-refractivity contribution in [3.63, 3.8) is 0 Å². The molecule has 0 aliphatic rings. The lowest BCUT2D eigenvalue weighted by Crippen LogP contribution is -2.30. The molecule has 0 saturated carbocycles. The Bertz CT molecular complexity index is 1210. The van der Waals surface area contributed by atoms with E-state index in [9.17, 15) is 14.4 Å². The van der Waals surface area contributed by atoms with Gasteiger partial charge in [-0.25, -0.2) is 0 Å². The smallest absolute Gasteiger partial charge is 0.306 e. The highest BCUT2D eigenvalue weighted by Gasteiger charge is 2.19. The zero-order valence-electron chi connectivity index (χ0n) is 50.8. The molecular weight excluding hydrogens is 925 g/mol. The molecule has 0 aromatic heterocycles. The number of unbranched alkanes of at least 4 members (excludes halogenated alkanes) is 48. The van der Waals surface area contributed by atoms with Crippen molar-refractivity contribution < 1.29 is 28.6 Å². The molecule has 0 aromatic rings. The summed E-state index contributed by atoms with van der Waals surface area (Å²) in [6, 6.07) is 0. The van der Waals surface area contributed by atoms with Crippen LogP contribution in [0.25, 0.3) is 0 Å². The molecule has 0 spiro atoms. The molecule has 0 amide bonds. The van der Waals surface area contributed by atoms with Gasteiger partial charge in [0.1, 0.15) is 13.2 Å². The Morgan fingerprint density at radius 3 is 0.707 bits per heavy atom. The fourth-order valence-electron chi connectivity index (χ4n) is 10.3. The maximum Gasteiger partial charge on any atom is 0.306 e. The van der Waals surface area contributed by atoms with Crippen molar-refractivity contribution in [3.05, 3.63) is 24.3 Å². The molecule has 0 aromatic carbocycles. The van der Waals surface area contributed by atoms with Gasteiger partial charge in [0.25, 0.3) is 0 Å². The van der Waals surface area contributed by atoms with E-state index in [-0.39, 0.29) is 31.1 Å². The minimum atomic E-state index is -0.776. The monoisotopic (exact) mass is 1050 g/mol. The van der Waals surface area contributed by atoms with Crippen molar-refractivity contribution in [1.82, 2.24) is 0 Å². The lowest BCUT2D eigenvalue weighted by Gasteiger charge is -2.18. The predicted molar refractivity (Wildman–Crippen MR) is 326 cm³/mol. The molecule has 0 radical (unpaired) electrons. The van der Waals surface area contributed by atoms with Crippen LogP contribution < -0.4 is 0 Å². The van der Waals surface area contributed by atoms with E-state index >= 15 is 0 Å². The molecule has 0 heterocycles. The molecule has 0 saturated heterocycles. The topological polar surface area (TPSA) is 78.9 Å². The van der Waals surface area contributed by atoms with E-state index in [4.69, 9.17) is 14.2 Å². The van der Waals surface area contributed by atoms with Crippen LogP contribution in [0.2, 0.25) is 0 Å². The Morgan fingerprint density at radius 2 is 0.453 bits per heavy atom. The predicted octanol–water partition coefficient (Wildman–Crippen LogP) is 23.0. The molecule has 1 unspecified atom stereocenters. The summed E-state index contributed by atoms with van der Waals surface area (Å²) >= 11 is 0. The van der Waals surface area contributed by atoms with Crippen LogP contribution in [0.4, 0.5) is 0 Å². The highest BCUT2D eigenvalue weighted by Crippen LogP contribution is 2.18. The van der Waals surface area contributed by atoms with Gasteiger partial charge in [-0.1, -0.05) is 321 Å². The number of rotatable bonds is 63. The molecular formula is C69H130O6. The summed E-state index contributed by atoms with van der Waals surface area (Å²) < 4.78 is 16.9. The second-order valence-electron chi connectivity index (χ2n) is 23.1. The van der Waals surface area contributed by atoms with E-state index < -0.39 is 6.10 Å². The maximum atomic E-state index is 12.9. The van der Waals surface area contributed by atoms with Gasteiger partial charge in [0.15, 0.2) is 6.10 Å². The Morgan fingerprint density at radius 1 is 0.253 bits per heavy atom. The zero-order chi connectivity index (χ0) is 54.3. The minimum absolute atomic E-state index is 0.0726. The highest BCUT2D eigenvalue weighted by atomic mass is 16.6. The molecule has 0 bridgehead atoms. The van der Waals surface area contributed by atoms with Crippen molar-refractivity contribution in [2.75, 3.05) is 13.2 Å². The maximum absolute atomic E-state index is 12.9. The first-order valence-electron chi connectivity index (χ1n) is 33.8. The molecule has 6 nitrogen and oxygen atoms in total. The van der Waals surface area contributed by atoms with E-state index in [1.807, 2.05) is 0 Å². The van der Waals surface area contributed by atoms with Gasteiger partial charge < -0.3 is 14.2 Å². The molecule has 0 aliphatic heterocycles. The Balaban J connectivity index is 4.09. The third kappa shape index (κ3) is 62.6. The summed E-state index contributed by atoms with van der Waals surface area (Å²) in [5.74, 6) is -0.867. The first kappa shape index (κ1) is 72.9. The average Bonchev–Trinajstić information content (AvgIpc) is 3.41. The Hall–Kier alpha value is -2.11. The van der Waals surface area contributed by atoms with E-state index in [0.717, 1.165) is 70.6 Å². The van der Waals surface area contributed by atoms with Crippen LogP contribution in [0.15, 0.2) is 24.3 Å². The van der Waals surface area contributed by atoms with Crippen LogP contribution in [-0.2, 0) is 28.6 Å². The lowest BCUT2D eigenvalue weighted by atomic mass is 10.0. The van der Waals surface area contributed by atoms with E-state index in [2.05, 4.69) is 45.1 Å². The van der Waals surface area contributed by atoms with E-state index in [1.54, 1.807) is 0 Å². The number of carbonyl (C=O) groups is 3. The fourth-order valence-corrected chi connectivity index (χ4v) is 10.3. The van der Waals surface area contributed by atoms with Gasteiger partial charge in [0.05, 0.1) is 0 Å². The lowest BCUT2D eigenvalue weighted by molar-refractivity contribution is -0.167. The molecule has 0 rings (SSSR count). The summed E-state index contributed by atoms with van der Waals surface area (Å²) in [7, 11) is 0. The van der Waals surface area contributed by atoms with Gasteiger partial charge in [-0.15, -0.1) is 0 Å². The average molecular weight is 1060 g/mol. The van der Waals surface area contributed by atoms with Gasteiger partial charge in [0.2, 0.25) is 0 Å². The normalized spacial score (nSPS) is 12.1. The number of esters is 3. The summed E-state index contributed by atoms with van der Waals surface area (Å²) in [5, 5.41) is 0. The summed E-state index contributed by atoms with van der Waals surface area (Å²) in [6.45, 7) is 6.65. The molecule has 1 atom stereocenters. The number of hydrogen-bond acceptors (Lipinski definition) is 6. The first-order valence-corrected chi connectivity index (χ1v) is 33.8. The molecule has 0 aliphatic carbocycles. The van der Waals surface area contributed by atoms with Crippen LogP contribution in [0.3, 0.4) is 0 Å². The van der Waals surface area contributed by atoms with Crippen LogP contribution >= 0.6 is 0 Å². The van der Waals surface area contributed by atoms with Crippen molar-refractivity contribution in [2.45, 2.75) is 386 Å². The van der Waals surface area contributed by atoms with E-state index in [1.165, 1.54) is 270 Å². The van der Waals surface area contributed by atoms with Crippen LogP contribution in [0.1, 0.15) is 380 Å². The van der Waals surface area contributed by atoms with Gasteiger partial charge in [0, 0.05) is 19.3 Å². The number of allylic oxidation sites excluding steroid dienone is 4. The van der Waals surface area contributed by atoms with Gasteiger partial charge in [-0.2, -0.15) is 0 Å². The van der Waals surface area contributed by atoms with Gasteiger partial charge >= 0.3 is 17.9 Å². The number of carbonyl (C=O) groups excluding carboxylic acids is 3. The van der Waals surface area contributed by atoms with Crippen molar-refractivity contribution in [1.29, 1.82) is 0 Å². The highest BCUT2D eigenvalue weighted by molar-refractivity contribution is 5.71. The third-order valence-corrected chi connectivity index (χ3v) is 15.4. The summed E-state index contributed by atoms with van der Waals surface area (Å²) in [5.41, 5.74) is 0. The van der Waals surface area contributed by atoms with Gasteiger partial charge in [-0.05, 0) is 64.2 Å².